The maximum Gasteiger partial charge on any atom is 0.339 e. The first-order chi connectivity index (χ1) is 13.0. The van der Waals surface area contributed by atoms with E-state index in [1.807, 2.05) is 44.2 Å². The van der Waals surface area contributed by atoms with Crippen molar-refractivity contribution in [3.05, 3.63) is 69.1 Å². The van der Waals surface area contributed by atoms with Crippen molar-refractivity contribution < 1.29 is 13.9 Å². The maximum absolute atomic E-state index is 12.2. The molecule has 0 saturated heterocycles. The van der Waals surface area contributed by atoms with Crippen molar-refractivity contribution in [2.24, 2.45) is 0 Å². The minimum absolute atomic E-state index is 0.117. The van der Waals surface area contributed by atoms with Crippen LogP contribution in [0.5, 0.6) is 5.75 Å². The number of hydrogen-bond acceptors (Lipinski definition) is 4. The zero-order valence-electron chi connectivity index (χ0n) is 15.4. The molecule has 1 aliphatic rings. The van der Waals surface area contributed by atoms with Crippen LogP contribution < -0.4 is 15.7 Å². The van der Waals surface area contributed by atoms with Crippen LogP contribution in [0.4, 0.5) is 5.69 Å². The van der Waals surface area contributed by atoms with E-state index < -0.39 is 0 Å². The van der Waals surface area contributed by atoms with Gasteiger partial charge in [-0.2, -0.15) is 0 Å². The quantitative estimate of drug-likeness (QED) is 0.714. The molecule has 0 spiro atoms. The molecule has 1 N–H and O–H groups in total. The summed E-state index contributed by atoms with van der Waals surface area (Å²) in [6.07, 6.45) is 2.66. The van der Waals surface area contributed by atoms with Crippen LogP contribution in [0.15, 0.2) is 45.6 Å². The molecule has 0 aliphatic heterocycles. The molecule has 5 nitrogen and oxygen atoms in total. The first-order valence-electron chi connectivity index (χ1n) is 9.09. The van der Waals surface area contributed by atoms with Gasteiger partial charge in [-0.1, -0.05) is 6.07 Å². The molecule has 1 aliphatic carbocycles. The van der Waals surface area contributed by atoms with Crippen LogP contribution in [0.25, 0.3) is 11.0 Å². The monoisotopic (exact) mass is 363 g/mol. The van der Waals surface area contributed by atoms with E-state index in [1.165, 1.54) is 0 Å². The Bertz CT molecular complexity index is 1080. The van der Waals surface area contributed by atoms with Gasteiger partial charge in [0.15, 0.2) is 6.61 Å². The van der Waals surface area contributed by atoms with Crippen LogP contribution in [-0.2, 0) is 17.6 Å². The van der Waals surface area contributed by atoms with Gasteiger partial charge in [0.05, 0.1) is 0 Å². The zero-order valence-corrected chi connectivity index (χ0v) is 15.4. The molecule has 0 radical (unpaired) electrons. The highest BCUT2D eigenvalue weighted by atomic mass is 16.5. The van der Waals surface area contributed by atoms with Crippen LogP contribution in [0.3, 0.4) is 0 Å². The summed E-state index contributed by atoms with van der Waals surface area (Å²) in [5.41, 5.74) is 5.05. The second-order valence-electron chi connectivity index (χ2n) is 7.07. The number of anilines is 1. The number of ether oxygens (including phenoxy) is 1. The van der Waals surface area contributed by atoms with Gasteiger partial charge in [0.25, 0.3) is 5.91 Å². The normalized spacial score (nSPS) is 12.8. The standard InChI is InChI=1S/C22H21NO4/c1-13-8-14(2)10-15(9-13)23-21(24)12-26-16-6-7-18-17-4-3-5-19(17)22(25)27-20(18)11-16/h6-11H,3-5,12H2,1-2H3,(H,23,24). The second kappa shape index (κ2) is 6.91. The van der Waals surface area contributed by atoms with E-state index in [0.717, 1.165) is 52.6 Å². The van der Waals surface area contributed by atoms with Gasteiger partial charge in [0.2, 0.25) is 0 Å². The van der Waals surface area contributed by atoms with Crippen LogP contribution in [0.2, 0.25) is 0 Å². The van der Waals surface area contributed by atoms with Crippen LogP contribution in [0, 0.1) is 13.8 Å². The number of nitrogens with one attached hydrogen (secondary N) is 1. The van der Waals surface area contributed by atoms with Gasteiger partial charge in [-0.25, -0.2) is 4.79 Å². The summed E-state index contributed by atoms with van der Waals surface area (Å²) >= 11 is 0. The first-order valence-corrected chi connectivity index (χ1v) is 9.09. The molecule has 1 aromatic heterocycles. The Morgan fingerprint density at radius 3 is 2.59 bits per heavy atom. The van der Waals surface area contributed by atoms with Gasteiger partial charge in [0.1, 0.15) is 11.3 Å². The second-order valence-corrected chi connectivity index (χ2v) is 7.07. The molecule has 138 valence electrons. The van der Waals surface area contributed by atoms with Gasteiger partial charge in [-0.15, -0.1) is 0 Å². The fraction of sp³-hybridized carbons (Fsp3) is 0.273. The lowest BCUT2D eigenvalue weighted by Crippen LogP contribution is -2.20. The molecule has 0 unspecified atom stereocenters. The Morgan fingerprint density at radius 1 is 1.07 bits per heavy atom. The molecule has 0 fully saturated rings. The summed E-state index contributed by atoms with van der Waals surface area (Å²) in [4.78, 5) is 24.3. The molecule has 1 heterocycles. The van der Waals surface area contributed by atoms with Gasteiger partial charge in [-0.05, 0) is 74.1 Å². The van der Waals surface area contributed by atoms with E-state index in [-0.39, 0.29) is 18.1 Å². The lowest BCUT2D eigenvalue weighted by atomic mass is 10.1. The Balaban J connectivity index is 1.48. The van der Waals surface area contributed by atoms with Gasteiger partial charge < -0.3 is 14.5 Å². The minimum atomic E-state index is -0.264. The van der Waals surface area contributed by atoms with E-state index in [0.29, 0.717) is 11.3 Å². The van der Waals surface area contributed by atoms with Crippen LogP contribution in [0.1, 0.15) is 28.7 Å². The maximum atomic E-state index is 12.2. The van der Waals surface area contributed by atoms with Crippen molar-refractivity contribution in [2.75, 3.05) is 11.9 Å². The van der Waals surface area contributed by atoms with Crippen molar-refractivity contribution >= 4 is 22.6 Å². The average Bonchev–Trinajstić information content (AvgIpc) is 3.09. The Labute approximate surface area is 157 Å². The van der Waals surface area contributed by atoms with E-state index >= 15 is 0 Å². The van der Waals surface area contributed by atoms with Crippen molar-refractivity contribution in [2.45, 2.75) is 33.1 Å². The third-order valence-electron chi connectivity index (χ3n) is 4.82. The van der Waals surface area contributed by atoms with E-state index in [2.05, 4.69) is 5.32 Å². The summed E-state index contributed by atoms with van der Waals surface area (Å²) in [6, 6.07) is 11.3. The zero-order chi connectivity index (χ0) is 19.0. The molecule has 0 atom stereocenters. The number of fused-ring (bicyclic) bond motifs is 3. The van der Waals surface area contributed by atoms with E-state index in [9.17, 15) is 9.59 Å². The highest BCUT2D eigenvalue weighted by Crippen LogP contribution is 2.29. The highest BCUT2D eigenvalue weighted by molar-refractivity contribution is 5.92. The summed E-state index contributed by atoms with van der Waals surface area (Å²) in [7, 11) is 0. The molecule has 5 heteroatoms. The molecule has 0 saturated carbocycles. The largest absolute Gasteiger partial charge is 0.484 e. The number of hydrogen-bond donors (Lipinski definition) is 1. The summed E-state index contributed by atoms with van der Waals surface area (Å²) in [5, 5.41) is 3.79. The molecule has 1 amide bonds. The molecular formula is C22H21NO4. The number of aryl methyl sites for hydroxylation is 3. The predicted octanol–water partition coefficient (Wildman–Crippen LogP) is 3.92. The minimum Gasteiger partial charge on any atom is -0.484 e. The topological polar surface area (TPSA) is 68.5 Å². The fourth-order valence-electron chi connectivity index (χ4n) is 3.75. The SMILES string of the molecule is Cc1cc(C)cc(NC(=O)COc2ccc3c4c(c(=O)oc3c2)CCC4)c1. The summed E-state index contributed by atoms with van der Waals surface area (Å²) in [5.74, 6) is 0.259. The molecule has 2 aromatic carbocycles. The lowest BCUT2D eigenvalue weighted by molar-refractivity contribution is -0.118. The summed E-state index contributed by atoms with van der Waals surface area (Å²) < 4.78 is 11.0. The van der Waals surface area contributed by atoms with Gasteiger partial charge in [0, 0.05) is 22.7 Å². The van der Waals surface area contributed by atoms with E-state index in [1.54, 1.807) is 6.07 Å². The van der Waals surface area contributed by atoms with Gasteiger partial charge in [-0.3, -0.25) is 4.79 Å². The summed E-state index contributed by atoms with van der Waals surface area (Å²) in [6.45, 7) is 3.85. The molecule has 3 aromatic rings. The number of carbonyl (C=O) groups is 1. The highest BCUT2D eigenvalue weighted by Gasteiger charge is 2.19. The molecule has 27 heavy (non-hydrogen) atoms. The van der Waals surface area contributed by atoms with E-state index in [4.69, 9.17) is 9.15 Å². The van der Waals surface area contributed by atoms with Crippen molar-refractivity contribution in [1.82, 2.24) is 0 Å². The molecular weight excluding hydrogens is 342 g/mol. The average molecular weight is 363 g/mol. The smallest absolute Gasteiger partial charge is 0.339 e. The molecule has 4 rings (SSSR count). The Kier molecular flexibility index (Phi) is 4.44. The molecule has 0 bridgehead atoms. The first kappa shape index (κ1) is 17.3. The van der Waals surface area contributed by atoms with Crippen molar-refractivity contribution in [1.29, 1.82) is 0 Å². The fourth-order valence-corrected chi connectivity index (χ4v) is 3.75. The van der Waals surface area contributed by atoms with Crippen LogP contribution >= 0.6 is 0 Å². The number of carbonyl (C=O) groups excluding carboxylic acids is 1. The third-order valence-corrected chi connectivity index (χ3v) is 4.82. The Morgan fingerprint density at radius 2 is 1.81 bits per heavy atom. The van der Waals surface area contributed by atoms with Crippen LogP contribution in [-0.4, -0.2) is 12.5 Å². The van der Waals surface area contributed by atoms with Gasteiger partial charge >= 0.3 is 5.63 Å². The number of benzene rings is 2. The Hall–Kier alpha value is -3.08. The number of rotatable bonds is 4. The third kappa shape index (κ3) is 3.58. The van der Waals surface area contributed by atoms with Crippen molar-refractivity contribution in [3.8, 4) is 5.75 Å². The predicted molar refractivity (Wildman–Crippen MR) is 105 cm³/mol. The number of amides is 1. The van der Waals surface area contributed by atoms with Crippen molar-refractivity contribution in [3.63, 3.8) is 0 Å². The lowest BCUT2D eigenvalue weighted by Gasteiger charge is -2.10.